The van der Waals surface area contributed by atoms with Crippen LogP contribution < -0.4 is 5.32 Å². The highest BCUT2D eigenvalue weighted by Crippen LogP contribution is 2.29. The van der Waals surface area contributed by atoms with Gasteiger partial charge >= 0.3 is 6.18 Å². The Morgan fingerprint density at radius 3 is 2.67 bits per heavy atom. The number of hydrogen-bond donors (Lipinski definition) is 1. The number of pyridine rings is 1. The maximum absolute atomic E-state index is 13.5. The fraction of sp³-hybridized carbons (Fsp3) is 0.235. The molecule has 1 aromatic carbocycles. The molecule has 0 saturated heterocycles. The molecule has 0 spiro atoms. The van der Waals surface area contributed by atoms with Crippen molar-refractivity contribution in [3.63, 3.8) is 0 Å². The van der Waals surface area contributed by atoms with Crippen molar-refractivity contribution in [2.24, 2.45) is 0 Å². The third-order valence-electron chi connectivity index (χ3n) is 3.67. The number of aromatic nitrogens is 3. The standard InChI is InChI=1S/C17H14F4N4OS/c18-12-3-1-2-4-13(12)27-8-7-16(26)22-9-15-24-23-14-6-5-11(10-25(14)15)17(19,20)21/h1-6,10H,7-9H2,(H,22,26). The normalized spacial score (nSPS) is 11.7. The molecule has 10 heteroatoms. The van der Waals surface area contributed by atoms with Crippen LogP contribution in [0.15, 0.2) is 47.5 Å². The summed E-state index contributed by atoms with van der Waals surface area (Å²) in [6, 6.07) is 8.39. The first-order valence-electron chi connectivity index (χ1n) is 7.89. The molecule has 0 radical (unpaired) electrons. The van der Waals surface area contributed by atoms with Crippen molar-refractivity contribution in [3.8, 4) is 0 Å². The van der Waals surface area contributed by atoms with E-state index in [4.69, 9.17) is 0 Å². The number of fused-ring (bicyclic) bond motifs is 1. The number of halogens is 4. The molecule has 142 valence electrons. The highest BCUT2D eigenvalue weighted by atomic mass is 32.2. The average Bonchev–Trinajstić information content (AvgIpc) is 3.03. The number of amides is 1. The highest BCUT2D eigenvalue weighted by molar-refractivity contribution is 7.99. The van der Waals surface area contributed by atoms with Crippen LogP contribution in [0.2, 0.25) is 0 Å². The zero-order valence-electron chi connectivity index (χ0n) is 13.8. The molecular weight excluding hydrogens is 384 g/mol. The van der Waals surface area contributed by atoms with Gasteiger partial charge in [-0.15, -0.1) is 22.0 Å². The molecule has 27 heavy (non-hydrogen) atoms. The van der Waals surface area contributed by atoms with Crippen LogP contribution in [0.3, 0.4) is 0 Å². The van der Waals surface area contributed by atoms with Crippen LogP contribution in [-0.4, -0.2) is 26.3 Å². The molecule has 0 atom stereocenters. The lowest BCUT2D eigenvalue weighted by Crippen LogP contribution is -2.24. The predicted octanol–water partition coefficient (Wildman–Crippen LogP) is 3.69. The fourth-order valence-corrected chi connectivity index (χ4v) is 3.20. The molecule has 2 aromatic heterocycles. The molecule has 0 aliphatic heterocycles. The largest absolute Gasteiger partial charge is 0.417 e. The molecule has 0 saturated carbocycles. The molecule has 0 bridgehead atoms. The van der Waals surface area contributed by atoms with Crippen molar-refractivity contribution in [1.29, 1.82) is 0 Å². The molecule has 1 amide bonds. The number of nitrogens with one attached hydrogen (secondary N) is 1. The Hall–Kier alpha value is -2.62. The summed E-state index contributed by atoms with van der Waals surface area (Å²) in [5.41, 5.74) is -0.578. The van der Waals surface area contributed by atoms with Crippen molar-refractivity contribution < 1.29 is 22.4 Å². The Labute approximate surface area is 155 Å². The summed E-state index contributed by atoms with van der Waals surface area (Å²) in [5, 5.41) is 10.2. The number of thioether (sulfide) groups is 1. The van der Waals surface area contributed by atoms with Gasteiger partial charge in [0.25, 0.3) is 0 Å². The molecular formula is C17H14F4N4OS. The lowest BCUT2D eigenvalue weighted by atomic mass is 10.3. The van der Waals surface area contributed by atoms with Crippen LogP contribution in [-0.2, 0) is 17.5 Å². The van der Waals surface area contributed by atoms with Crippen molar-refractivity contribution >= 4 is 23.3 Å². The smallest absolute Gasteiger partial charge is 0.349 e. The monoisotopic (exact) mass is 398 g/mol. The van der Waals surface area contributed by atoms with Gasteiger partial charge in [-0.1, -0.05) is 12.1 Å². The van der Waals surface area contributed by atoms with E-state index >= 15 is 0 Å². The van der Waals surface area contributed by atoms with E-state index in [1.807, 2.05) is 0 Å². The zero-order chi connectivity index (χ0) is 19.4. The number of benzene rings is 1. The molecule has 3 aromatic rings. The van der Waals surface area contributed by atoms with Crippen LogP contribution >= 0.6 is 11.8 Å². The topological polar surface area (TPSA) is 59.3 Å². The SMILES string of the molecule is O=C(CCSc1ccccc1F)NCc1nnc2ccc(C(F)(F)F)cn12. The van der Waals surface area contributed by atoms with E-state index in [0.29, 0.717) is 10.6 Å². The van der Waals surface area contributed by atoms with E-state index in [1.54, 1.807) is 18.2 Å². The van der Waals surface area contributed by atoms with Gasteiger partial charge in [-0.25, -0.2) is 4.39 Å². The lowest BCUT2D eigenvalue weighted by Gasteiger charge is -2.08. The van der Waals surface area contributed by atoms with Crippen molar-refractivity contribution in [2.75, 3.05) is 5.75 Å². The van der Waals surface area contributed by atoms with E-state index in [0.717, 1.165) is 12.3 Å². The quantitative estimate of drug-likeness (QED) is 0.508. The van der Waals surface area contributed by atoms with E-state index in [1.165, 1.54) is 28.3 Å². The Morgan fingerprint density at radius 1 is 1.15 bits per heavy atom. The molecule has 1 N–H and O–H groups in total. The summed E-state index contributed by atoms with van der Waals surface area (Å²) in [4.78, 5) is 12.4. The van der Waals surface area contributed by atoms with Crippen LogP contribution in [0, 0.1) is 5.82 Å². The predicted molar refractivity (Wildman–Crippen MR) is 91.6 cm³/mol. The van der Waals surface area contributed by atoms with Gasteiger partial charge in [-0.05, 0) is 24.3 Å². The molecule has 0 aliphatic rings. The zero-order valence-corrected chi connectivity index (χ0v) is 14.6. The molecule has 0 fully saturated rings. The number of hydrogen-bond acceptors (Lipinski definition) is 4. The van der Waals surface area contributed by atoms with Gasteiger partial charge in [-0.3, -0.25) is 9.20 Å². The number of rotatable bonds is 6. The van der Waals surface area contributed by atoms with E-state index in [9.17, 15) is 22.4 Å². The van der Waals surface area contributed by atoms with Gasteiger partial charge in [0.2, 0.25) is 5.91 Å². The van der Waals surface area contributed by atoms with Gasteiger partial charge in [0, 0.05) is 23.3 Å². The summed E-state index contributed by atoms with van der Waals surface area (Å²) < 4.78 is 53.2. The molecule has 0 aliphatic carbocycles. The minimum Gasteiger partial charge on any atom is -0.349 e. The minimum atomic E-state index is -4.48. The number of carbonyl (C=O) groups is 1. The van der Waals surface area contributed by atoms with E-state index in [2.05, 4.69) is 15.5 Å². The Kier molecular flexibility index (Phi) is 5.64. The van der Waals surface area contributed by atoms with Crippen LogP contribution in [0.4, 0.5) is 17.6 Å². The van der Waals surface area contributed by atoms with E-state index < -0.39 is 11.7 Å². The average molecular weight is 398 g/mol. The third kappa shape index (κ3) is 4.76. The van der Waals surface area contributed by atoms with Crippen LogP contribution in [0.25, 0.3) is 5.65 Å². The van der Waals surface area contributed by atoms with Crippen molar-refractivity contribution in [3.05, 3.63) is 59.8 Å². The van der Waals surface area contributed by atoms with Crippen molar-refractivity contribution in [2.45, 2.75) is 24.0 Å². The maximum Gasteiger partial charge on any atom is 0.417 e. The van der Waals surface area contributed by atoms with Crippen LogP contribution in [0.1, 0.15) is 17.8 Å². The van der Waals surface area contributed by atoms with Gasteiger partial charge in [0.1, 0.15) is 5.82 Å². The summed E-state index contributed by atoms with van der Waals surface area (Å²) in [6.45, 7) is -0.0638. The summed E-state index contributed by atoms with van der Waals surface area (Å²) >= 11 is 1.21. The second kappa shape index (κ2) is 7.95. The number of carbonyl (C=O) groups excluding carboxylic acids is 1. The second-order valence-electron chi connectivity index (χ2n) is 5.57. The Morgan fingerprint density at radius 2 is 1.93 bits per heavy atom. The third-order valence-corrected chi connectivity index (χ3v) is 4.72. The number of alkyl halides is 3. The summed E-state index contributed by atoms with van der Waals surface area (Å²) in [7, 11) is 0. The van der Waals surface area contributed by atoms with Crippen molar-refractivity contribution in [1.82, 2.24) is 19.9 Å². The highest BCUT2D eigenvalue weighted by Gasteiger charge is 2.31. The molecule has 3 rings (SSSR count). The fourth-order valence-electron chi connectivity index (χ4n) is 2.31. The first-order chi connectivity index (χ1) is 12.8. The number of nitrogens with zero attached hydrogens (tertiary/aromatic N) is 3. The Bertz CT molecular complexity index is 958. The van der Waals surface area contributed by atoms with E-state index in [-0.39, 0.29) is 36.2 Å². The first-order valence-corrected chi connectivity index (χ1v) is 8.88. The van der Waals surface area contributed by atoms with Gasteiger partial charge in [0.05, 0.1) is 12.1 Å². The molecule has 2 heterocycles. The second-order valence-corrected chi connectivity index (χ2v) is 6.70. The summed E-state index contributed by atoms with van der Waals surface area (Å²) in [6.07, 6.45) is -3.46. The first kappa shape index (κ1) is 19.2. The van der Waals surface area contributed by atoms with Gasteiger partial charge < -0.3 is 5.32 Å². The maximum atomic E-state index is 13.5. The van der Waals surface area contributed by atoms with Gasteiger partial charge in [0.15, 0.2) is 11.5 Å². The van der Waals surface area contributed by atoms with Gasteiger partial charge in [-0.2, -0.15) is 13.2 Å². The minimum absolute atomic E-state index is 0.0638. The molecule has 5 nitrogen and oxygen atoms in total. The summed E-state index contributed by atoms with van der Waals surface area (Å²) in [5.74, 6) is -0.113. The van der Waals surface area contributed by atoms with Crippen LogP contribution in [0.5, 0.6) is 0 Å². The molecule has 0 unspecified atom stereocenters. The lowest BCUT2D eigenvalue weighted by molar-refractivity contribution is -0.137. The Balaban J connectivity index is 1.56.